The van der Waals surface area contributed by atoms with Crippen LogP contribution in [0.4, 0.5) is 0 Å². The summed E-state index contributed by atoms with van der Waals surface area (Å²) < 4.78 is 0. The van der Waals surface area contributed by atoms with Gasteiger partial charge in [-0.15, -0.1) is 0 Å². The van der Waals surface area contributed by atoms with Gasteiger partial charge in [0, 0.05) is 0 Å². The third-order valence-electron chi connectivity index (χ3n) is 0.712. The molecule has 0 fully saturated rings. The summed E-state index contributed by atoms with van der Waals surface area (Å²) in [5.74, 6) is 0. The molecule has 0 heterocycles. The van der Waals surface area contributed by atoms with Crippen LogP contribution in [0, 0.1) is 0 Å². The van der Waals surface area contributed by atoms with E-state index in [1.165, 1.54) is 0 Å². The fraction of sp³-hybridized carbons (Fsp3) is 0. The van der Waals surface area contributed by atoms with Gasteiger partial charge in [-0.25, -0.2) is 0 Å². The van der Waals surface area contributed by atoms with Crippen LogP contribution in [-0.4, -0.2) is 24.5 Å². The average Bonchev–Trinajstić information content (AvgIpc) is 1.58. The second-order valence-electron chi connectivity index (χ2n) is 1.57. The molecule has 0 radical (unpaired) electrons. The van der Waals surface area contributed by atoms with Gasteiger partial charge in [0.15, 0.2) is 0 Å². The topological polar surface area (TPSA) is 0 Å². The van der Waals surface area contributed by atoms with E-state index in [-0.39, 0.29) is 0 Å². The van der Waals surface area contributed by atoms with Crippen LogP contribution in [0.1, 0.15) is 0 Å². The van der Waals surface area contributed by atoms with E-state index in [0.29, 0.717) is 0 Å². The zero-order valence-corrected chi connectivity index (χ0v) is 16.9. The molecule has 11 heteroatoms. The molecule has 0 aromatic carbocycles. The van der Waals surface area contributed by atoms with Gasteiger partial charge in [0.05, 0.1) is 0 Å². The van der Waals surface area contributed by atoms with Gasteiger partial charge in [0.25, 0.3) is 0 Å². The predicted octanol–water partition coefficient (Wildman–Crippen LogP) is 4.37. The van der Waals surface area contributed by atoms with E-state index >= 15 is 0 Å². The van der Waals surface area contributed by atoms with Gasteiger partial charge in [-0.1, -0.05) is 0 Å². The fourth-order valence-corrected chi connectivity index (χ4v) is 203. The molecule has 0 saturated carbocycles. The van der Waals surface area contributed by atoms with Gasteiger partial charge < -0.3 is 0 Å². The van der Waals surface area contributed by atoms with Gasteiger partial charge in [0.2, 0.25) is 0 Å². The molecule has 0 atom stereocenters. The van der Waals surface area contributed by atoms with Gasteiger partial charge in [-0.3, -0.25) is 0 Å². The molecule has 0 aromatic heterocycles. The Balaban J connectivity index is 4.75. The van der Waals surface area contributed by atoms with Crippen molar-refractivity contribution in [2.75, 3.05) is 0 Å². The van der Waals surface area contributed by atoms with Crippen molar-refractivity contribution >= 4 is 105 Å². The molecule has 0 nitrogen and oxygen atoms in total. The number of hydrogen-bond donors (Lipinski definition) is 0. The third kappa shape index (κ3) is 4.13. The summed E-state index contributed by atoms with van der Waals surface area (Å²) in [5.41, 5.74) is 0. The van der Waals surface area contributed by atoms with E-state index in [4.69, 9.17) is 80.1 Å². The summed E-state index contributed by atoms with van der Waals surface area (Å²) in [7, 11) is 34.4. The molecular weight excluding hydrogens is 501 g/mol. The molecule has 0 rings (SSSR count). The van der Waals surface area contributed by atoms with Crippen LogP contribution in [0.5, 0.6) is 0 Å². The molecule has 0 saturated heterocycles. The average molecular weight is 501 g/mol. The Kier molecular flexibility index (Phi) is 6.60. The van der Waals surface area contributed by atoms with Crippen LogP contribution < -0.4 is 0 Å². The first kappa shape index (κ1) is 14.9. The van der Waals surface area contributed by atoms with Crippen molar-refractivity contribution in [3.63, 3.8) is 0 Å². The first-order valence-electron chi connectivity index (χ1n) is 2.01. The molecule has 0 spiro atoms. The molecule has 0 bridgehead atoms. The second-order valence-corrected chi connectivity index (χ2v) is 117. The minimum absolute atomic E-state index is 3.69. The molecule has 11 heavy (non-hydrogen) atoms. The Morgan fingerprint density at radius 1 is 0.455 bits per heavy atom. The third-order valence-corrected chi connectivity index (χ3v) is 223. The van der Waals surface area contributed by atoms with E-state index < -0.39 is 24.5 Å². The molecule has 0 N–H and O–H groups in total. The van der Waals surface area contributed by atoms with Crippen molar-refractivity contribution in [2.24, 2.45) is 0 Å². The van der Waals surface area contributed by atoms with Crippen LogP contribution in [0.15, 0.2) is 0 Å². The Labute approximate surface area is 102 Å². The molecule has 0 aliphatic heterocycles. The summed E-state index contributed by atoms with van der Waals surface area (Å²) in [6.45, 7) is 0. The van der Waals surface area contributed by atoms with E-state index in [1.807, 2.05) is 0 Å². The standard InChI is InChI=1S/Cl8Ge3/c1-9(2,3)11(7,8)10(4,5)6. The summed E-state index contributed by atoms with van der Waals surface area (Å²) in [6, 6.07) is 0. The van der Waals surface area contributed by atoms with Crippen LogP contribution in [0.3, 0.4) is 0 Å². The van der Waals surface area contributed by atoms with E-state index in [0.717, 1.165) is 0 Å². The second kappa shape index (κ2) is 4.85. The maximum atomic E-state index is 5.82. The molecule has 68 valence electrons. The summed E-state index contributed by atoms with van der Waals surface area (Å²) >= 11 is 0. The van der Waals surface area contributed by atoms with Crippen molar-refractivity contribution in [1.82, 2.24) is 0 Å². The first-order valence-corrected chi connectivity index (χ1v) is 37.1. The molecule has 0 amide bonds. The van der Waals surface area contributed by atoms with Crippen LogP contribution in [0.25, 0.3) is 0 Å². The quantitative estimate of drug-likeness (QED) is 0.493. The Morgan fingerprint density at radius 2 is 0.636 bits per heavy atom. The molecular formula is Cl8Ge3. The molecule has 0 aromatic rings. The van der Waals surface area contributed by atoms with Crippen molar-refractivity contribution in [2.45, 2.75) is 0 Å². The summed E-state index contributed by atoms with van der Waals surface area (Å²) in [5, 5.41) is 0. The van der Waals surface area contributed by atoms with Crippen molar-refractivity contribution in [1.29, 1.82) is 0 Å². The van der Waals surface area contributed by atoms with Crippen molar-refractivity contribution in [3.8, 4) is 0 Å². The maximum absolute atomic E-state index is 5.82. The van der Waals surface area contributed by atoms with Crippen LogP contribution >= 0.6 is 80.1 Å². The minimum atomic E-state index is -3.71. The number of halogens is 8. The van der Waals surface area contributed by atoms with E-state index in [2.05, 4.69) is 0 Å². The zero-order valence-electron chi connectivity index (χ0n) is 4.52. The number of hydrogen-bond acceptors (Lipinski definition) is 0. The predicted molar refractivity (Wildman–Crippen MR) is 64.1 cm³/mol. The van der Waals surface area contributed by atoms with Crippen molar-refractivity contribution in [3.05, 3.63) is 0 Å². The van der Waals surface area contributed by atoms with Gasteiger partial charge >= 0.3 is 105 Å². The van der Waals surface area contributed by atoms with Gasteiger partial charge in [-0.2, -0.15) is 0 Å². The molecule has 0 aliphatic rings. The fourth-order valence-electron chi connectivity index (χ4n) is 0.161. The molecule has 0 unspecified atom stereocenters. The monoisotopic (exact) mass is 502 g/mol. The first-order chi connectivity index (χ1) is 4.50. The van der Waals surface area contributed by atoms with Gasteiger partial charge in [-0.05, 0) is 0 Å². The Bertz CT molecular complexity index is 120. The Hall–Kier alpha value is 3.95. The van der Waals surface area contributed by atoms with Crippen LogP contribution in [0.2, 0.25) is 0 Å². The van der Waals surface area contributed by atoms with E-state index in [9.17, 15) is 0 Å². The van der Waals surface area contributed by atoms with Crippen molar-refractivity contribution < 1.29 is 0 Å². The SMILES string of the molecule is [Cl][Ge]([Cl])([Cl])[Ge]([Cl])([Cl])[Ge]([Cl])([Cl])[Cl]. The molecule has 0 aliphatic carbocycles. The summed E-state index contributed by atoms with van der Waals surface area (Å²) in [6.07, 6.45) is 0. The van der Waals surface area contributed by atoms with Gasteiger partial charge in [0.1, 0.15) is 0 Å². The zero-order chi connectivity index (χ0) is 9.50. The van der Waals surface area contributed by atoms with E-state index in [1.54, 1.807) is 0 Å². The summed E-state index contributed by atoms with van der Waals surface area (Å²) in [4.78, 5) is 0. The Morgan fingerprint density at radius 3 is 0.636 bits per heavy atom. The van der Waals surface area contributed by atoms with Crippen LogP contribution in [-0.2, 0) is 0 Å². The normalized spacial score (nSPS) is 15.3. The number of rotatable bonds is 2.